The number of nitriles is 1. The first-order valence-electron chi connectivity index (χ1n) is 2.50. The predicted octanol–water partition coefficient (Wildman–Crippen LogP) is 2.23. The lowest BCUT2D eigenvalue weighted by Gasteiger charge is -1.94. The molecule has 1 rings (SSSR count). The highest BCUT2D eigenvalue weighted by molar-refractivity contribution is 14.1. The molecule has 0 N–H and O–H groups in total. The number of methoxy groups -OCH3 is 1. The molecular weight excluding hydrogens is 261 g/mol. The van der Waals surface area contributed by atoms with Crippen molar-refractivity contribution >= 4 is 33.9 Å². The highest BCUT2D eigenvalue weighted by Gasteiger charge is 2.07. The summed E-state index contributed by atoms with van der Waals surface area (Å²) in [5, 5.41) is 10.3. The van der Waals surface area contributed by atoms with Crippen molar-refractivity contribution in [2.45, 2.75) is 0 Å². The molecular formula is C6H4INOS. The second kappa shape index (κ2) is 3.21. The van der Waals surface area contributed by atoms with Crippen LogP contribution in [0, 0.1) is 14.2 Å². The third kappa shape index (κ3) is 1.25. The lowest BCUT2D eigenvalue weighted by Crippen LogP contribution is -1.83. The van der Waals surface area contributed by atoms with Crippen molar-refractivity contribution in [3.63, 3.8) is 0 Å². The molecule has 0 aromatic carbocycles. The minimum Gasteiger partial charge on any atom is -0.493 e. The van der Waals surface area contributed by atoms with E-state index in [1.54, 1.807) is 12.5 Å². The summed E-state index contributed by atoms with van der Waals surface area (Å²) in [4.78, 5) is 0. The molecule has 2 nitrogen and oxygen atoms in total. The summed E-state index contributed by atoms with van der Waals surface area (Å²) in [6.07, 6.45) is 0. The Labute approximate surface area is 76.6 Å². The van der Waals surface area contributed by atoms with Crippen molar-refractivity contribution in [1.29, 1.82) is 5.26 Å². The molecule has 0 atom stereocenters. The molecule has 0 radical (unpaired) electrons. The van der Waals surface area contributed by atoms with E-state index < -0.39 is 0 Å². The SMILES string of the molecule is COc1c(C#N)csc1I. The standard InChI is InChI=1S/C6H4INOS/c1-9-5-4(2-8)3-10-6(5)7/h3H,1H3. The second-order valence-corrected chi connectivity index (χ2v) is 4.26. The molecule has 1 heterocycles. The molecule has 52 valence electrons. The van der Waals surface area contributed by atoms with Gasteiger partial charge in [-0.3, -0.25) is 0 Å². The zero-order valence-electron chi connectivity index (χ0n) is 5.22. The molecule has 0 fully saturated rings. The first kappa shape index (κ1) is 7.82. The van der Waals surface area contributed by atoms with Gasteiger partial charge in [0.15, 0.2) is 5.75 Å². The fourth-order valence-electron chi connectivity index (χ4n) is 0.591. The van der Waals surface area contributed by atoms with Crippen LogP contribution in [0.5, 0.6) is 5.75 Å². The van der Waals surface area contributed by atoms with Crippen LogP contribution in [0.4, 0.5) is 0 Å². The van der Waals surface area contributed by atoms with Crippen molar-refractivity contribution in [2.24, 2.45) is 0 Å². The van der Waals surface area contributed by atoms with E-state index in [1.165, 1.54) is 11.3 Å². The minimum atomic E-state index is 0.622. The van der Waals surface area contributed by atoms with E-state index in [1.807, 2.05) is 6.07 Å². The maximum Gasteiger partial charge on any atom is 0.160 e. The van der Waals surface area contributed by atoms with Gasteiger partial charge in [0.05, 0.1) is 7.11 Å². The molecule has 0 bridgehead atoms. The van der Waals surface area contributed by atoms with Gasteiger partial charge in [0.2, 0.25) is 0 Å². The highest BCUT2D eigenvalue weighted by atomic mass is 127. The summed E-state index contributed by atoms with van der Waals surface area (Å²) in [7, 11) is 1.57. The van der Waals surface area contributed by atoms with Gasteiger partial charge in [-0.05, 0) is 22.6 Å². The normalized spacial score (nSPS) is 8.90. The predicted molar refractivity (Wildman–Crippen MR) is 48.3 cm³/mol. The molecule has 1 aromatic heterocycles. The highest BCUT2D eigenvalue weighted by Crippen LogP contribution is 2.30. The lowest BCUT2D eigenvalue weighted by atomic mass is 10.3. The van der Waals surface area contributed by atoms with Gasteiger partial charge in [0, 0.05) is 5.38 Å². The molecule has 0 aliphatic rings. The summed E-state index contributed by atoms with van der Waals surface area (Å²) >= 11 is 3.67. The van der Waals surface area contributed by atoms with Crippen LogP contribution in [-0.2, 0) is 0 Å². The summed E-state index contributed by atoms with van der Waals surface area (Å²) in [6.45, 7) is 0. The Balaban J connectivity index is 3.16. The van der Waals surface area contributed by atoms with Gasteiger partial charge < -0.3 is 4.74 Å². The molecule has 0 unspecified atom stereocenters. The Bertz CT molecular complexity index is 276. The molecule has 1 aromatic rings. The maximum atomic E-state index is 8.54. The van der Waals surface area contributed by atoms with Crippen LogP contribution in [0.3, 0.4) is 0 Å². The number of ether oxygens (including phenoxy) is 1. The van der Waals surface area contributed by atoms with Crippen molar-refractivity contribution < 1.29 is 4.74 Å². The maximum absolute atomic E-state index is 8.54. The minimum absolute atomic E-state index is 0.622. The van der Waals surface area contributed by atoms with E-state index in [2.05, 4.69) is 22.6 Å². The van der Waals surface area contributed by atoms with Crippen molar-refractivity contribution in [2.75, 3.05) is 7.11 Å². The van der Waals surface area contributed by atoms with Crippen LogP contribution in [-0.4, -0.2) is 7.11 Å². The van der Waals surface area contributed by atoms with Gasteiger partial charge >= 0.3 is 0 Å². The van der Waals surface area contributed by atoms with Gasteiger partial charge in [0.25, 0.3) is 0 Å². The van der Waals surface area contributed by atoms with Gasteiger partial charge in [-0.2, -0.15) is 5.26 Å². The Kier molecular flexibility index (Phi) is 2.51. The van der Waals surface area contributed by atoms with Crippen molar-refractivity contribution in [1.82, 2.24) is 0 Å². The molecule has 10 heavy (non-hydrogen) atoms. The van der Waals surface area contributed by atoms with E-state index in [0.717, 1.165) is 2.88 Å². The van der Waals surface area contributed by atoms with Crippen LogP contribution in [0.1, 0.15) is 5.56 Å². The third-order valence-corrected chi connectivity index (χ3v) is 3.03. The molecule has 0 aliphatic carbocycles. The summed E-state index contributed by atoms with van der Waals surface area (Å²) in [5.74, 6) is 0.702. The summed E-state index contributed by atoms with van der Waals surface area (Å²) < 4.78 is 6.01. The van der Waals surface area contributed by atoms with Crippen molar-refractivity contribution in [3.05, 3.63) is 13.8 Å². The summed E-state index contributed by atoms with van der Waals surface area (Å²) in [6, 6.07) is 2.05. The average molecular weight is 265 g/mol. The quantitative estimate of drug-likeness (QED) is 0.729. The first-order chi connectivity index (χ1) is 4.79. The molecule has 0 saturated heterocycles. The zero-order chi connectivity index (χ0) is 7.56. The van der Waals surface area contributed by atoms with Crippen LogP contribution >= 0.6 is 33.9 Å². The number of rotatable bonds is 1. The van der Waals surface area contributed by atoms with E-state index in [4.69, 9.17) is 10.00 Å². The smallest absolute Gasteiger partial charge is 0.160 e. The number of thiophene rings is 1. The second-order valence-electron chi connectivity index (χ2n) is 1.57. The molecule has 0 amide bonds. The van der Waals surface area contributed by atoms with Gasteiger partial charge in [-0.25, -0.2) is 0 Å². The Morgan fingerprint density at radius 1 is 1.80 bits per heavy atom. The Morgan fingerprint density at radius 2 is 2.50 bits per heavy atom. The number of hydrogen-bond acceptors (Lipinski definition) is 3. The summed E-state index contributed by atoms with van der Waals surface area (Å²) in [5.41, 5.74) is 0.622. The molecule has 0 aliphatic heterocycles. The Morgan fingerprint density at radius 3 is 2.90 bits per heavy atom. The lowest BCUT2D eigenvalue weighted by molar-refractivity contribution is 0.413. The number of nitrogens with zero attached hydrogens (tertiary/aromatic N) is 1. The van der Waals surface area contributed by atoms with E-state index >= 15 is 0 Å². The molecule has 0 saturated carbocycles. The van der Waals surface area contributed by atoms with Crippen LogP contribution in [0.2, 0.25) is 0 Å². The fraction of sp³-hybridized carbons (Fsp3) is 0.167. The van der Waals surface area contributed by atoms with Gasteiger partial charge in [0.1, 0.15) is 14.5 Å². The largest absolute Gasteiger partial charge is 0.493 e. The Hall–Kier alpha value is -0.280. The van der Waals surface area contributed by atoms with Gasteiger partial charge in [-0.15, -0.1) is 11.3 Å². The third-order valence-electron chi connectivity index (χ3n) is 1.03. The number of halogens is 1. The van der Waals surface area contributed by atoms with Crippen molar-refractivity contribution in [3.8, 4) is 11.8 Å². The number of hydrogen-bond donors (Lipinski definition) is 0. The monoisotopic (exact) mass is 265 g/mol. The fourth-order valence-corrected chi connectivity index (χ4v) is 2.16. The molecule has 4 heteroatoms. The van der Waals surface area contributed by atoms with Crippen LogP contribution < -0.4 is 4.74 Å². The van der Waals surface area contributed by atoms with E-state index in [-0.39, 0.29) is 0 Å². The van der Waals surface area contributed by atoms with Crippen LogP contribution in [0.25, 0.3) is 0 Å². The van der Waals surface area contributed by atoms with Gasteiger partial charge in [-0.1, -0.05) is 0 Å². The average Bonchev–Trinajstić information content (AvgIpc) is 2.30. The zero-order valence-corrected chi connectivity index (χ0v) is 8.19. The van der Waals surface area contributed by atoms with E-state index in [0.29, 0.717) is 11.3 Å². The topological polar surface area (TPSA) is 33.0 Å². The first-order valence-corrected chi connectivity index (χ1v) is 4.46. The van der Waals surface area contributed by atoms with Crippen LogP contribution in [0.15, 0.2) is 5.38 Å². The molecule has 0 spiro atoms. The van der Waals surface area contributed by atoms with E-state index in [9.17, 15) is 0 Å².